The normalized spacial score (nSPS) is 18.6. The molecule has 4 heterocycles. The zero-order chi connectivity index (χ0) is 26.0. The molecule has 7 nitrogen and oxygen atoms in total. The lowest BCUT2D eigenvalue weighted by Crippen LogP contribution is -2.45. The lowest BCUT2D eigenvalue weighted by Gasteiger charge is -2.39. The standard InChI is InChI=1S/C30H33N5O2S/c36-27(19-22-17-23-5-1-2-6-24(23)18-22)34-14-9-30(10-15-34)11-16-35(21-30)28(37)20-38-29-32-13-8-26(33-29)25-7-3-4-12-31-25/h1-8,12-13,22H,9-11,14-21H2. The van der Waals surface area contributed by atoms with E-state index >= 15 is 0 Å². The highest BCUT2D eigenvalue weighted by atomic mass is 32.2. The largest absolute Gasteiger partial charge is 0.343 e. The summed E-state index contributed by atoms with van der Waals surface area (Å²) < 4.78 is 0. The van der Waals surface area contributed by atoms with Gasteiger partial charge in [0.2, 0.25) is 11.8 Å². The first-order valence-corrected chi connectivity index (χ1v) is 14.6. The Bertz CT molecular complexity index is 1280. The van der Waals surface area contributed by atoms with Crippen LogP contribution < -0.4 is 0 Å². The number of carbonyl (C=O) groups is 2. The molecule has 1 aliphatic carbocycles. The lowest BCUT2D eigenvalue weighted by molar-refractivity contribution is -0.135. The number of hydrogen-bond acceptors (Lipinski definition) is 6. The first-order valence-electron chi connectivity index (χ1n) is 13.6. The molecular weight excluding hydrogens is 494 g/mol. The second-order valence-corrected chi connectivity index (χ2v) is 11.9. The average molecular weight is 528 g/mol. The van der Waals surface area contributed by atoms with Gasteiger partial charge in [-0.05, 0) is 72.8 Å². The van der Waals surface area contributed by atoms with E-state index in [9.17, 15) is 9.59 Å². The second-order valence-electron chi connectivity index (χ2n) is 10.9. The molecule has 1 spiro atoms. The zero-order valence-corrected chi connectivity index (χ0v) is 22.4. The van der Waals surface area contributed by atoms with Crippen molar-refractivity contribution in [2.75, 3.05) is 31.9 Å². The summed E-state index contributed by atoms with van der Waals surface area (Å²) in [6.45, 7) is 3.20. The highest BCUT2D eigenvalue weighted by Gasteiger charge is 2.42. The zero-order valence-electron chi connectivity index (χ0n) is 21.6. The van der Waals surface area contributed by atoms with Crippen LogP contribution in [0.1, 0.15) is 36.8 Å². The molecule has 0 radical (unpaired) electrons. The molecule has 8 heteroatoms. The van der Waals surface area contributed by atoms with Gasteiger partial charge in [0.15, 0.2) is 5.16 Å². The number of rotatable bonds is 6. The minimum atomic E-state index is 0.137. The number of nitrogens with zero attached hydrogens (tertiary/aromatic N) is 5. The number of likely N-dealkylation sites (tertiary alicyclic amines) is 2. The van der Waals surface area contributed by atoms with E-state index in [0.717, 1.165) is 69.7 Å². The molecule has 3 aliphatic rings. The maximum atomic E-state index is 13.1. The maximum Gasteiger partial charge on any atom is 0.233 e. The van der Waals surface area contributed by atoms with Crippen molar-refractivity contribution in [1.29, 1.82) is 0 Å². The highest BCUT2D eigenvalue weighted by Crippen LogP contribution is 2.41. The fourth-order valence-electron chi connectivity index (χ4n) is 6.24. The van der Waals surface area contributed by atoms with Gasteiger partial charge >= 0.3 is 0 Å². The summed E-state index contributed by atoms with van der Waals surface area (Å²) in [5.74, 6) is 1.20. The van der Waals surface area contributed by atoms with Gasteiger partial charge < -0.3 is 9.80 Å². The fraction of sp³-hybridized carbons (Fsp3) is 0.433. The van der Waals surface area contributed by atoms with Crippen LogP contribution in [0.25, 0.3) is 11.4 Å². The maximum absolute atomic E-state index is 13.1. The molecule has 0 N–H and O–H groups in total. The Hall–Kier alpha value is -3.26. The smallest absolute Gasteiger partial charge is 0.233 e. The third-order valence-electron chi connectivity index (χ3n) is 8.45. The van der Waals surface area contributed by atoms with Gasteiger partial charge in [0.1, 0.15) is 0 Å². The summed E-state index contributed by atoms with van der Waals surface area (Å²) in [7, 11) is 0. The van der Waals surface area contributed by atoms with Crippen molar-refractivity contribution in [2.24, 2.45) is 11.3 Å². The van der Waals surface area contributed by atoms with E-state index in [2.05, 4.69) is 44.1 Å². The van der Waals surface area contributed by atoms with E-state index in [1.54, 1.807) is 12.4 Å². The molecule has 2 aliphatic heterocycles. The molecule has 2 fully saturated rings. The predicted octanol–water partition coefficient (Wildman–Crippen LogP) is 4.28. The van der Waals surface area contributed by atoms with E-state index in [1.165, 1.54) is 22.9 Å². The molecule has 0 atom stereocenters. The van der Waals surface area contributed by atoms with Gasteiger partial charge in [0.05, 0.1) is 17.1 Å². The minimum absolute atomic E-state index is 0.137. The molecule has 2 aromatic heterocycles. The Kier molecular flexibility index (Phi) is 7.15. The number of piperidine rings is 1. The van der Waals surface area contributed by atoms with Crippen molar-refractivity contribution in [3.8, 4) is 11.4 Å². The monoisotopic (exact) mass is 527 g/mol. The van der Waals surface area contributed by atoms with Gasteiger partial charge in [-0.25, -0.2) is 9.97 Å². The van der Waals surface area contributed by atoms with Crippen LogP contribution in [0.3, 0.4) is 0 Å². The molecule has 1 aromatic carbocycles. The Balaban J connectivity index is 0.968. The molecule has 0 unspecified atom stereocenters. The van der Waals surface area contributed by atoms with Crippen molar-refractivity contribution >= 4 is 23.6 Å². The van der Waals surface area contributed by atoms with Crippen LogP contribution in [0.4, 0.5) is 0 Å². The van der Waals surface area contributed by atoms with Crippen molar-refractivity contribution in [3.05, 3.63) is 72.1 Å². The summed E-state index contributed by atoms with van der Waals surface area (Å²) in [6, 6.07) is 16.1. The third kappa shape index (κ3) is 5.46. The first kappa shape index (κ1) is 25.0. The number of amides is 2. The number of carbonyl (C=O) groups excluding carboxylic acids is 2. The van der Waals surface area contributed by atoms with Crippen molar-refractivity contribution in [2.45, 2.75) is 43.7 Å². The second kappa shape index (κ2) is 10.8. The molecule has 2 amide bonds. The predicted molar refractivity (Wildman–Crippen MR) is 147 cm³/mol. The summed E-state index contributed by atoms with van der Waals surface area (Å²) in [4.78, 5) is 43.4. The molecule has 6 rings (SSSR count). The Morgan fingerprint density at radius 1 is 0.816 bits per heavy atom. The quantitative estimate of drug-likeness (QED) is 0.352. The molecule has 2 saturated heterocycles. The molecular formula is C30H33N5O2S. The Morgan fingerprint density at radius 2 is 1.53 bits per heavy atom. The molecule has 38 heavy (non-hydrogen) atoms. The van der Waals surface area contributed by atoms with Gasteiger partial charge in [-0.15, -0.1) is 0 Å². The highest BCUT2D eigenvalue weighted by molar-refractivity contribution is 7.99. The van der Waals surface area contributed by atoms with E-state index in [1.807, 2.05) is 29.2 Å². The van der Waals surface area contributed by atoms with Crippen LogP contribution in [0.2, 0.25) is 0 Å². The summed E-state index contributed by atoms with van der Waals surface area (Å²) >= 11 is 1.38. The van der Waals surface area contributed by atoms with Gasteiger partial charge in [-0.1, -0.05) is 42.1 Å². The summed E-state index contributed by atoms with van der Waals surface area (Å²) in [5.41, 5.74) is 4.52. The van der Waals surface area contributed by atoms with Crippen molar-refractivity contribution in [3.63, 3.8) is 0 Å². The van der Waals surface area contributed by atoms with Gasteiger partial charge in [-0.3, -0.25) is 14.6 Å². The fourth-order valence-corrected chi connectivity index (χ4v) is 6.98. The van der Waals surface area contributed by atoms with Crippen LogP contribution in [0, 0.1) is 11.3 Å². The molecule has 0 bridgehead atoms. The van der Waals surface area contributed by atoms with E-state index in [-0.39, 0.29) is 11.3 Å². The number of benzene rings is 1. The Labute approximate surface area is 228 Å². The number of aromatic nitrogens is 3. The minimum Gasteiger partial charge on any atom is -0.343 e. The number of pyridine rings is 1. The van der Waals surface area contributed by atoms with Crippen molar-refractivity contribution in [1.82, 2.24) is 24.8 Å². The van der Waals surface area contributed by atoms with Crippen LogP contribution in [-0.2, 0) is 22.4 Å². The molecule has 196 valence electrons. The summed E-state index contributed by atoms with van der Waals surface area (Å²) in [5, 5.41) is 0.590. The molecule has 0 saturated carbocycles. The van der Waals surface area contributed by atoms with Crippen LogP contribution in [0.15, 0.2) is 66.1 Å². The molecule has 3 aromatic rings. The van der Waals surface area contributed by atoms with Gasteiger partial charge in [-0.2, -0.15) is 0 Å². The number of fused-ring (bicyclic) bond motifs is 1. The van der Waals surface area contributed by atoms with E-state index in [0.29, 0.717) is 29.2 Å². The first-order chi connectivity index (χ1) is 18.6. The number of thioether (sulfide) groups is 1. The SMILES string of the molecule is O=C(CC1Cc2ccccc2C1)N1CCC2(CC1)CCN(C(=O)CSc1nccc(-c3ccccn3)n1)C2. The van der Waals surface area contributed by atoms with Crippen LogP contribution in [0.5, 0.6) is 0 Å². The van der Waals surface area contributed by atoms with Gasteiger partial charge in [0, 0.05) is 45.0 Å². The topological polar surface area (TPSA) is 79.3 Å². The third-order valence-corrected chi connectivity index (χ3v) is 9.30. The van der Waals surface area contributed by atoms with Gasteiger partial charge in [0.25, 0.3) is 0 Å². The summed E-state index contributed by atoms with van der Waals surface area (Å²) in [6.07, 6.45) is 9.13. The number of hydrogen-bond donors (Lipinski definition) is 0. The van der Waals surface area contributed by atoms with Crippen LogP contribution >= 0.6 is 11.8 Å². The lowest BCUT2D eigenvalue weighted by atomic mass is 9.77. The Morgan fingerprint density at radius 3 is 2.24 bits per heavy atom. The van der Waals surface area contributed by atoms with E-state index in [4.69, 9.17) is 0 Å². The van der Waals surface area contributed by atoms with Crippen LogP contribution in [-0.4, -0.2) is 68.5 Å². The van der Waals surface area contributed by atoms with Crippen molar-refractivity contribution < 1.29 is 9.59 Å². The van der Waals surface area contributed by atoms with E-state index < -0.39 is 0 Å². The average Bonchev–Trinajstić information content (AvgIpc) is 3.56.